The average Bonchev–Trinajstić information content (AvgIpc) is 3.21. The van der Waals surface area contributed by atoms with Crippen LogP contribution in [0.2, 0.25) is 0 Å². The normalized spacial score (nSPS) is 10.5. The Morgan fingerprint density at radius 1 is 0.931 bits per heavy atom. The van der Waals surface area contributed by atoms with Gasteiger partial charge in [-0.3, -0.25) is 4.79 Å². The number of furan rings is 1. The Kier molecular flexibility index (Phi) is 8.50. The van der Waals surface area contributed by atoms with Gasteiger partial charge in [0.1, 0.15) is 23.0 Å². The second kappa shape index (κ2) is 11.1. The standard InChI is InChI=1S/C20H24O9/c1-23-11-27-14-9-15(20(22)26-4)19(17(10-14)28-12-24-2)16-7-5-13(29-16)6-8-18(21)25-3/h5,7,9-10H,6,8,11-12H2,1-4H3. The molecule has 0 fully saturated rings. The van der Waals surface area contributed by atoms with Crippen molar-refractivity contribution in [2.24, 2.45) is 0 Å². The van der Waals surface area contributed by atoms with Crippen LogP contribution < -0.4 is 9.47 Å². The van der Waals surface area contributed by atoms with Crippen molar-refractivity contribution in [3.05, 3.63) is 35.6 Å². The highest BCUT2D eigenvalue weighted by Gasteiger charge is 2.23. The highest BCUT2D eigenvalue weighted by atomic mass is 16.7. The van der Waals surface area contributed by atoms with Crippen molar-refractivity contribution in [2.75, 3.05) is 42.0 Å². The van der Waals surface area contributed by atoms with E-state index in [-0.39, 0.29) is 31.5 Å². The van der Waals surface area contributed by atoms with Gasteiger partial charge in [-0.25, -0.2) is 4.79 Å². The number of esters is 2. The molecule has 0 bridgehead atoms. The first-order chi connectivity index (χ1) is 14.0. The van der Waals surface area contributed by atoms with E-state index in [0.717, 1.165) is 0 Å². The molecule has 0 spiro atoms. The fraction of sp³-hybridized carbons (Fsp3) is 0.400. The molecule has 2 aromatic rings. The van der Waals surface area contributed by atoms with Crippen molar-refractivity contribution in [1.82, 2.24) is 0 Å². The molecule has 0 N–H and O–H groups in total. The maximum Gasteiger partial charge on any atom is 0.338 e. The van der Waals surface area contributed by atoms with E-state index in [1.54, 1.807) is 18.2 Å². The number of carbonyl (C=O) groups is 2. The summed E-state index contributed by atoms with van der Waals surface area (Å²) in [5.41, 5.74) is 0.559. The topological polar surface area (TPSA) is 103 Å². The second-order valence-electron chi connectivity index (χ2n) is 5.78. The maximum absolute atomic E-state index is 12.4. The minimum Gasteiger partial charge on any atom is -0.469 e. The number of hydrogen-bond donors (Lipinski definition) is 0. The van der Waals surface area contributed by atoms with Crippen LogP contribution in [0.5, 0.6) is 11.5 Å². The third-order valence-corrected chi connectivity index (χ3v) is 3.87. The molecule has 0 amide bonds. The van der Waals surface area contributed by atoms with Crippen LogP contribution in [-0.2, 0) is 30.2 Å². The minimum atomic E-state index is -0.599. The molecule has 0 saturated carbocycles. The molecule has 1 aromatic heterocycles. The Labute approximate surface area is 168 Å². The van der Waals surface area contributed by atoms with Crippen molar-refractivity contribution in [1.29, 1.82) is 0 Å². The molecular formula is C20H24O9. The second-order valence-corrected chi connectivity index (χ2v) is 5.78. The first kappa shape index (κ1) is 22.3. The Balaban J connectivity index is 2.47. The van der Waals surface area contributed by atoms with E-state index in [4.69, 9.17) is 28.1 Å². The lowest BCUT2D eigenvalue weighted by Crippen LogP contribution is -2.09. The summed E-state index contributed by atoms with van der Waals surface area (Å²) in [5.74, 6) is 0.627. The van der Waals surface area contributed by atoms with Gasteiger partial charge in [-0.15, -0.1) is 0 Å². The van der Waals surface area contributed by atoms with Gasteiger partial charge in [0.15, 0.2) is 13.6 Å². The van der Waals surface area contributed by atoms with Crippen LogP contribution in [0.25, 0.3) is 11.3 Å². The number of rotatable bonds is 11. The smallest absolute Gasteiger partial charge is 0.338 e. The predicted molar refractivity (Wildman–Crippen MR) is 101 cm³/mol. The van der Waals surface area contributed by atoms with Crippen LogP contribution in [0.3, 0.4) is 0 Å². The molecule has 0 aliphatic carbocycles. The van der Waals surface area contributed by atoms with Gasteiger partial charge in [0, 0.05) is 26.7 Å². The van der Waals surface area contributed by atoms with Crippen LogP contribution in [0.15, 0.2) is 28.7 Å². The van der Waals surface area contributed by atoms with Crippen LogP contribution in [0, 0.1) is 0 Å². The van der Waals surface area contributed by atoms with E-state index in [0.29, 0.717) is 35.0 Å². The zero-order valence-corrected chi connectivity index (χ0v) is 16.8. The van der Waals surface area contributed by atoms with E-state index in [1.807, 2.05) is 0 Å². The van der Waals surface area contributed by atoms with E-state index < -0.39 is 5.97 Å². The van der Waals surface area contributed by atoms with E-state index in [9.17, 15) is 9.59 Å². The summed E-state index contributed by atoms with van der Waals surface area (Å²) in [7, 11) is 5.56. The van der Waals surface area contributed by atoms with Crippen LogP contribution >= 0.6 is 0 Å². The third kappa shape index (κ3) is 5.97. The summed E-state index contributed by atoms with van der Waals surface area (Å²) < 4.78 is 36.4. The molecular weight excluding hydrogens is 384 g/mol. The average molecular weight is 408 g/mol. The van der Waals surface area contributed by atoms with E-state index in [1.165, 1.54) is 34.5 Å². The molecule has 1 heterocycles. The summed E-state index contributed by atoms with van der Waals surface area (Å²) >= 11 is 0. The monoisotopic (exact) mass is 408 g/mol. The zero-order valence-electron chi connectivity index (χ0n) is 16.8. The molecule has 29 heavy (non-hydrogen) atoms. The minimum absolute atomic E-state index is 0.0118. The molecule has 158 valence electrons. The van der Waals surface area contributed by atoms with Gasteiger partial charge in [0.2, 0.25) is 0 Å². The van der Waals surface area contributed by atoms with Gasteiger partial charge in [-0.05, 0) is 18.2 Å². The summed E-state index contributed by atoms with van der Waals surface area (Å²) in [4.78, 5) is 23.8. The molecule has 1 aromatic carbocycles. The number of ether oxygens (including phenoxy) is 6. The van der Waals surface area contributed by atoms with Crippen LogP contribution in [0.4, 0.5) is 0 Å². The molecule has 0 aliphatic rings. The van der Waals surface area contributed by atoms with Crippen molar-refractivity contribution >= 4 is 11.9 Å². The molecule has 0 radical (unpaired) electrons. The van der Waals surface area contributed by atoms with Gasteiger partial charge in [0.25, 0.3) is 0 Å². The first-order valence-electron chi connectivity index (χ1n) is 8.69. The van der Waals surface area contributed by atoms with Crippen molar-refractivity contribution in [3.8, 4) is 22.8 Å². The summed E-state index contributed by atoms with van der Waals surface area (Å²) in [6.45, 7) is -0.0701. The summed E-state index contributed by atoms with van der Waals surface area (Å²) in [6, 6.07) is 6.51. The Bertz CT molecular complexity index is 825. The quantitative estimate of drug-likeness (QED) is 0.410. The fourth-order valence-electron chi connectivity index (χ4n) is 2.54. The highest BCUT2D eigenvalue weighted by molar-refractivity contribution is 5.99. The van der Waals surface area contributed by atoms with Crippen LogP contribution in [0.1, 0.15) is 22.5 Å². The Hall–Kier alpha value is -3.04. The Morgan fingerprint density at radius 2 is 1.66 bits per heavy atom. The molecule has 9 heteroatoms. The molecule has 0 atom stereocenters. The molecule has 0 saturated heterocycles. The largest absolute Gasteiger partial charge is 0.469 e. The van der Waals surface area contributed by atoms with Gasteiger partial charge in [-0.1, -0.05) is 0 Å². The molecule has 0 aliphatic heterocycles. The first-order valence-corrected chi connectivity index (χ1v) is 8.69. The highest BCUT2D eigenvalue weighted by Crippen LogP contribution is 2.39. The summed E-state index contributed by atoms with van der Waals surface area (Å²) in [6.07, 6.45) is 0.521. The molecule has 2 rings (SSSR count). The van der Waals surface area contributed by atoms with Gasteiger partial charge in [-0.2, -0.15) is 0 Å². The van der Waals surface area contributed by atoms with Crippen molar-refractivity contribution in [2.45, 2.75) is 12.8 Å². The van der Waals surface area contributed by atoms with Gasteiger partial charge >= 0.3 is 11.9 Å². The number of hydrogen-bond acceptors (Lipinski definition) is 9. The maximum atomic E-state index is 12.4. The lowest BCUT2D eigenvalue weighted by Gasteiger charge is -2.15. The third-order valence-electron chi connectivity index (χ3n) is 3.87. The fourth-order valence-corrected chi connectivity index (χ4v) is 2.54. The summed E-state index contributed by atoms with van der Waals surface area (Å²) in [5, 5.41) is 0. The number of carbonyl (C=O) groups excluding carboxylic acids is 2. The van der Waals surface area contributed by atoms with E-state index in [2.05, 4.69) is 4.74 Å². The van der Waals surface area contributed by atoms with Gasteiger partial charge < -0.3 is 32.8 Å². The predicted octanol–water partition coefficient (Wildman–Crippen LogP) is 2.80. The van der Waals surface area contributed by atoms with Crippen LogP contribution in [-0.4, -0.2) is 54.0 Å². The number of methoxy groups -OCH3 is 4. The number of aryl methyl sites for hydroxylation is 1. The van der Waals surface area contributed by atoms with Gasteiger partial charge in [0.05, 0.1) is 31.8 Å². The zero-order chi connectivity index (χ0) is 21.2. The lowest BCUT2D eigenvalue weighted by molar-refractivity contribution is -0.140. The van der Waals surface area contributed by atoms with E-state index >= 15 is 0 Å². The molecule has 0 unspecified atom stereocenters. The SMILES string of the molecule is COCOc1cc(OCOC)c(-c2ccc(CCC(=O)OC)o2)c(C(=O)OC)c1. The Morgan fingerprint density at radius 3 is 2.31 bits per heavy atom. The molecule has 9 nitrogen and oxygen atoms in total. The lowest BCUT2D eigenvalue weighted by atomic mass is 10.0. The number of benzene rings is 1. The van der Waals surface area contributed by atoms with Crippen molar-refractivity contribution < 1.29 is 42.4 Å². The van der Waals surface area contributed by atoms with Crippen molar-refractivity contribution in [3.63, 3.8) is 0 Å².